The van der Waals surface area contributed by atoms with Gasteiger partial charge >= 0.3 is 0 Å². The molecule has 3 aromatic rings. The van der Waals surface area contributed by atoms with Gasteiger partial charge in [-0.3, -0.25) is 0 Å². The van der Waals surface area contributed by atoms with E-state index >= 15 is 0 Å². The summed E-state index contributed by atoms with van der Waals surface area (Å²) in [5.41, 5.74) is 2.44. The van der Waals surface area contributed by atoms with Crippen LogP contribution in [0.5, 0.6) is 0 Å². The molecule has 1 nitrogen and oxygen atoms in total. The molecule has 0 spiro atoms. The molecule has 0 bridgehead atoms. The summed E-state index contributed by atoms with van der Waals surface area (Å²) in [6, 6.07) is 17.5. The maximum absolute atomic E-state index is 6.25. The number of rotatable bonds is 4. The second kappa shape index (κ2) is 6.18. The first kappa shape index (κ1) is 14.6. The highest BCUT2D eigenvalue weighted by Gasteiger charge is 2.17. The minimum atomic E-state index is 0.204. The van der Waals surface area contributed by atoms with Crippen LogP contribution in [0.25, 0.3) is 10.8 Å². The van der Waals surface area contributed by atoms with Crippen LogP contribution in [-0.4, -0.2) is 6.54 Å². The Balaban J connectivity index is 2.06. The summed E-state index contributed by atoms with van der Waals surface area (Å²) in [6.07, 6.45) is 0. The number of thiophene rings is 1. The number of fused-ring (bicyclic) bond motifs is 1. The van der Waals surface area contributed by atoms with Crippen molar-refractivity contribution in [2.45, 2.75) is 19.9 Å². The Morgan fingerprint density at radius 3 is 2.52 bits per heavy atom. The molecule has 0 radical (unpaired) electrons. The largest absolute Gasteiger partial charge is 0.306 e. The molecule has 2 aromatic carbocycles. The number of nitrogens with one attached hydrogen (secondary N) is 1. The minimum Gasteiger partial charge on any atom is -0.306 e. The molecule has 0 saturated heterocycles. The van der Waals surface area contributed by atoms with Crippen LogP contribution in [0.4, 0.5) is 0 Å². The van der Waals surface area contributed by atoms with Crippen LogP contribution >= 0.6 is 22.9 Å². The molecule has 0 aliphatic heterocycles. The molecule has 21 heavy (non-hydrogen) atoms. The second-order valence-electron chi connectivity index (χ2n) is 5.20. The fraction of sp³-hybridized carbons (Fsp3) is 0.222. The third-order valence-corrected chi connectivity index (χ3v) is 5.30. The second-order valence-corrected chi connectivity index (χ2v) is 6.89. The Morgan fingerprint density at radius 2 is 1.86 bits per heavy atom. The Bertz CT molecular complexity index is 743. The van der Waals surface area contributed by atoms with E-state index in [1.807, 2.05) is 0 Å². The molecule has 0 saturated carbocycles. The van der Waals surface area contributed by atoms with Gasteiger partial charge in [0, 0.05) is 4.88 Å². The Labute approximate surface area is 134 Å². The molecular formula is C18H18ClNS. The van der Waals surface area contributed by atoms with Crippen molar-refractivity contribution in [3.05, 3.63) is 68.9 Å². The number of aryl methyl sites for hydroxylation is 1. The maximum Gasteiger partial charge on any atom is 0.0961 e. The highest BCUT2D eigenvalue weighted by molar-refractivity contribution is 7.16. The van der Waals surface area contributed by atoms with E-state index in [-0.39, 0.29) is 6.04 Å². The highest BCUT2D eigenvalue weighted by Crippen LogP contribution is 2.34. The van der Waals surface area contributed by atoms with Crippen LogP contribution in [0.1, 0.15) is 29.0 Å². The van der Waals surface area contributed by atoms with Crippen molar-refractivity contribution < 1.29 is 0 Å². The first-order valence-corrected chi connectivity index (χ1v) is 8.36. The molecular weight excluding hydrogens is 298 g/mol. The van der Waals surface area contributed by atoms with Gasteiger partial charge in [-0.25, -0.2) is 0 Å². The lowest BCUT2D eigenvalue weighted by molar-refractivity contribution is 0.640. The van der Waals surface area contributed by atoms with Crippen LogP contribution in [0.3, 0.4) is 0 Å². The summed E-state index contributed by atoms with van der Waals surface area (Å²) in [4.78, 5) is 1.27. The average molecular weight is 316 g/mol. The van der Waals surface area contributed by atoms with E-state index in [1.165, 1.54) is 21.2 Å². The SMILES string of the molecule is CCNC(c1ccc2ccccc2c1)c1cc(C)c(Cl)s1. The minimum absolute atomic E-state index is 0.204. The van der Waals surface area contributed by atoms with E-state index < -0.39 is 0 Å². The Kier molecular flexibility index (Phi) is 4.29. The van der Waals surface area contributed by atoms with E-state index in [2.05, 4.69) is 67.7 Å². The molecule has 3 rings (SSSR count). The molecule has 1 heterocycles. The van der Waals surface area contributed by atoms with E-state index in [0.717, 1.165) is 16.4 Å². The van der Waals surface area contributed by atoms with Gasteiger partial charge < -0.3 is 5.32 Å². The summed E-state index contributed by atoms with van der Waals surface area (Å²) < 4.78 is 0.883. The fourth-order valence-electron chi connectivity index (χ4n) is 2.60. The molecule has 0 amide bonds. The monoisotopic (exact) mass is 315 g/mol. The van der Waals surface area contributed by atoms with Crippen molar-refractivity contribution in [3.8, 4) is 0 Å². The first-order chi connectivity index (χ1) is 10.2. The van der Waals surface area contributed by atoms with Gasteiger partial charge in [0.05, 0.1) is 10.4 Å². The maximum atomic E-state index is 6.25. The third kappa shape index (κ3) is 2.98. The summed E-state index contributed by atoms with van der Waals surface area (Å²) in [5.74, 6) is 0. The molecule has 0 aliphatic carbocycles. The van der Waals surface area contributed by atoms with Crippen molar-refractivity contribution in [3.63, 3.8) is 0 Å². The predicted molar refractivity (Wildman–Crippen MR) is 93.5 cm³/mol. The Hall–Kier alpha value is -1.35. The van der Waals surface area contributed by atoms with Gasteiger partial charge in [-0.1, -0.05) is 54.9 Å². The Morgan fingerprint density at radius 1 is 1.10 bits per heavy atom. The van der Waals surface area contributed by atoms with Crippen molar-refractivity contribution in [2.24, 2.45) is 0 Å². The summed E-state index contributed by atoms with van der Waals surface area (Å²) in [6.45, 7) is 5.12. The van der Waals surface area contributed by atoms with Gasteiger partial charge in [0.1, 0.15) is 0 Å². The third-order valence-electron chi connectivity index (χ3n) is 3.68. The van der Waals surface area contributed by atoms with Crippen LogP contribution in [-0.2, 0) is 0 Å². The fourth-order valence-corrected chi connectivity index (χ4v) is 3.92. The molecule has 3 heteroatoms. The zero-order chi connectivity index (χ0) is 14.8. The normalized spacial score (nSPS) is 12.7. The van der Waals surface area contributed by atoms with E-state index in [0.29, 0.717) is 0 Å². The van der Waals surface area contributed by atoms with Gasteiger partial charge in [0.25, 0.3) is 0 Å². The number of hydrogen-bond donors (Lipinski definition) is 1. The lowest BCUT2D eigenvalue weighted by Crippen LogP contribution is -2.21. The zero-order valence-corrected chi connectivity index (χ0v) is 13.8. The summed E-state index contributed by atoms with van der Waals surface area (Å²) in [5, 5.41) is 6.12. The van der Waals surface area contributed by atoms with Gasteiger partial charge in [0.15, 0.2) is 0 Å². The van der Waals surface area contributed by atoms with Crippen LogP contribution < -0.4 is 5.32 Å². The molecule has 0 aliphatic rings. The summed E-state index contributed by atoms with van der Waals surface area (Å²) in [7, 11) is 0. The topological polar surface area (TPSA) is 12.0 Å². The van der Waals surface area contributed by atoms with Crippen LogP contribution in [0.2, 0.25) is 4.34 Å². The predicted octanol–water partition coefficient (Wildman–Crippen LogP) is 5.56. The highest BCUT2D eigenvalue weighted by atomic mass is 35.5. The molecule has 1 aromatic heterocycles. The van der Waals surface area contributed by atoms with E-state index in [9.17, 15) is 0 Å². The van der Waals surface area contributed by atoms with E-state index in [1.54, 1.807) is 11.3 Å². The first-order valence-electron chi connectivity index (χ1n) is 7.17. The average Bonchev–Trinajstić information content (AvgIpc) is 2.83. The van der Waals surface area contributed by atoms with Crippen molar-refractivity contribution in [1.29, 1.82) is 0 Å². The lowest BCUT2D eigenvalue weighted by Gasteiger charge is -2.17. The van der Waals surface area contributed by atoms with Crippen LogP contribution in [0.15, 0.2) is 48.5 Å². The molecule has 1 N–H and O–H groups in total. The zero-order valence-electron chi connectivity index (χ0n) is 12.2. The van der Waals surface area contributed by atoms with Crippen molar-refractivity contribution >= 4 is 33.7 Å². The molecule has 108 valence electrons. The molecule has 0 fully saturated rings. The lowest BCUT2D eigenvalue weighted by atomic mass is 10.0. The number of benzene rings is 2. The molecule has 1 unspecified atom stereocenters. The van der Waals surface area contributed by atoms with Gasteiger partial charge in [-0.15, -0.1) is 11.3 Å². The molecule has 1 atom stereocenters. The number of halogens is 1. The smallest absolute Gasteiger partial charge is 0.0961 e. The van der Waals surface area contributed by atoms with Gasteiger partial charge in [-0.05, 0) is 47.5 Å². The summed E-state index contributed by atoms with van der Waals surface area (Å²) >= 11 is 7.91. The van der Waals surface area contributed by atoms with Gasteiger partial charge in [0.2, 0.25) is 0 Å². The quantitative estimate of drug-likeness (QED) is 0.664. The van der Waals surface area contributed by atoms with Crippen molar-refractivity contribution in [2.75, 3.05) is 6.54 Å². The van der Waals surface area contributed by atoms with Gasteiger partial charge in [-0.2, -0.15) is 0 Å². The van der Waals surface area contributed by atoms with Crippen LogP contribution in [0, 0.1) is 6.92 Å². The van der Waals surface area contributed by atoms with E-state index in [4.69, 9.17) is 11.6 Å². The van der Waals surface area contributed by atoms with Crippen molar-refractivity contribution in [1.82, 2.24) is 5.32 Å². The standard InChI is InChI=1S/C18H18ClNS/c1-3-20-17(16-10-12(2)18(19)21-16)15-9-8-13-6-4-5-7-14(13)11-15/h4-11,17,20H,3H2,1-2H3. The number of hydrogen-bond acceptors (Lipinski definition) is 2.